The number of hydrogen-bond acceptors (Lipinski definition) is 5. The van der Waals surface area contributed by atoms with Crippen molar-refractivity contribution >= 4 is 34.0 Å². The van der Waals surface area contributed by atoms with Gasteiger partial charge < -0.3 is 15.6 Å². The van der Waals surface area contributed by atoms with Gasteiger partial charge in [-0.2, -0.15) is 5.10 Å². The van der Waals surface area contributed by atoms with Gasteiger partial charge in [0.15, 0.2) is 0 Å². The highest BCUT2D eigenvalue weighted by molar-refractivity contribution is 5.99. The Balaban J connectivity index is 1.53. The Bertz CT molecular complexity index is 1590. The van der Waals surface area contributed by atoms with Crippen LogP contribution in [0.5, 0.6) is 0 Å². The molecule has 39 heavy (non-hydrogen) atoms. The molecule has 0 spiro atoms. The third-order valence-electron chi connectivity index (χ3n) is 6.67. The molecule has 1 amide bonds. The lowest BCUT2D eigenvalue weighted by Crippen LogP contribution is -2.23. The van der Waals surface area contributed by atoms with Crippen molar-refractivity contribution in [3.05, 3.63) is 94.7 Å². The number of anilines is 2. The van der Waals surface area contributed by atoms with E-state index in [1.807, 2.05) is 58.3 Å². The summed E-state index contributed by atoms with van der Waals surface area (Å²) in [5.74, 6) is 0.353. The maximum Gasteiger partial charge on any atom is 0.267 e. The van der Waals surface area contributed by atoms with Crippen molar-refractivity contribution in [2.75, 3.05) is 5.32 Å². The number of allylic oxidation sites excluding steroid dienone is 5. The number of carbonyl (C=O) groups is 1. The topological polar surface area (TPSA) is 101 Å². The smallest absolute Gasteiger partial charge is 0.267 e. The van der Waals surface area contributed by atoms with Crippen LogP contribution in [0.2, 0.25) is 0 Å². The van der Waals surface area contributed by atoms with Crippen molar-refractivity contribution in [1.29, 1.82) is 0 Å². The summed E-state index contributed by atoms with van der Waals surface area (Å²) in [6, 6.07) is 7.82. The average Bonchev–Trinajstić information content (AvgIpc) is 3.47. The number of amides is 1. The zero-order valence-corrected chi connectivity index (χ0v) is 23.6. The van der Waals surface area contributed by atoms with Crippen LogP contribution in [0.15, 0.2) is 66.5 Å². The molecule has 0 saturated carbocycles. The van der Waals surface area contributed by atoms with E-state index in [9.17, 15) is 4.79 Å². The van der Waals surface area contributed by atoms with Gasteiger partial charge >= 0.3 is 0 Å². The number of H-pyrrole nitrogens is 1. The first-order chi connectivity index (χ1) is 18.6. The van der Waals surface area contributed by atoms with E-state index in [1.54, 1.807) is 10.9 Å². The lowest BCUT2D eigenvalue weighted by molar-refractivity contribution is 0.0946. The molecule has 4 aromatic rings. The van der Waals surface area contributed by atoms with E-state index >= 15 is 0 Å². The van der Waals surface area contributed by atoms with Crippen LogP contribution in [-0.4, -0.2) is 30.6 Å². The zero-order chi connectivity index (χ0) is 28.1. The van der Waals surface area contributed by atoms with Gasteiger partial charge in [0, 0.05) is 48.1 Å². The van der Waals surface area contributed by atoms with E-state index in [-0.39, 0.29) is 5.91 Å². The first kappa shape index (κ1) is 27.6. The van der Waals surface area contributed by atoms with Gasteiger partial charge in [-0.05, 0) is 82.9 Å². The third-order valence-corrected chi connectivity index (χ3v) is 6.67. The van der Waals surface area contributed by atoms with Crippen LogP contribution in [0.25, 0.3) is 16.5 Å². The number of carbonyl (C=O) groups excluding carboxylic acids is 1. The number of fused-ring (bicyclic) bond motifs is 1. The number of rotatable bonds is 10. The summed E-state index contributed by atoms with van der Waals surface area (Å²) in [5.41, 5.74) is 9.52. The van der Waals surface area contributed by atoms with E-state index in [4.69, 9.17) is 4.98 Å². The highest BCUT2D eigenvalue weighted by Gasteiger charge is 2.14. The van der Waals surface area contributed by atoms with Crippen LogP contribution < -0.4 is 10.6 Å². The van der Waals surface area contributed by atoms with E-state index < -0.39 is 0 Å². The molecule has 0 radical (unpaired) electrons. The molecule has 3 N–H and O–H groups in total. The van der Waals surface area contributed by atoms with Crippen molar-refractivity contribution in [2.45, 2.75) is 54.0 Å². The van der Waals surface area contributed by atoms with Crippen molar-refractivity contribution in [3.63, 3.8) is 0 Å². The second-order valence-electron chi connectivity index (χ2n) is 10.1. The van der Waals surface area contributed by atoms with E-state index in [0.717, 1.165) is 63.1 Å². The van der Waals surface area contributed by atoms with Gasteiger partial charge in [-0.1, -0.05) is 29.9 Å². The maximum absolute atomic E-state index is 12.9. The molecular formula is C31H37N7O. The standard InChI is InChI=1S/C31H37N7O/c1-8-20(4)9-10-23(13-19(2)3)27-11-12-32-31(36-27)34-26-14-21(5)29-24(15-26)16-28(35-29)30(39)33-17-25-18-38(7)37-22(25)6/h8,11-16,18,35H,2,9-10,17H2,1,3-7H3,(H,33,39)(H,32,34,36). The number of hydrogen-bond donors (Lipinski definition) is 3. The summed E-state index contributed by atoms with van der Waals surface area (Å²) in [5, 5.41) is 11.6. The predicted molar refractivity (Wildman–Crippen MR) is 159 cm³/mol. The Hall–Kier alpha value is -4.46. The third kappa shape index (κ3) is 6.90. The minimum atomic E-state index is -0.163. The van der Waals surface area contributed by atoms with Gasteiger partial charge in [0.05, 0.1) is 11.4 Å². The number of aromatic nitrogens is 5. The fraction of sp³-hybridized carbons (Fsp3) is 0.290. The Morgan fingerprint density at radius 1 is 1.18 bits per heavy atom. The van der Waals surface area contributed by atoms with Gasteiger partial charge in [-0.3, -0.25) is 9.48 Å². The number of nitrogens with one attached hydrogen (secondary N) is 3. The number of aromatic amines is 1. The highest BCUT2D eigenvalue weighted by atomic mass is 16.1. The fourth-order valence-corrected chi connectivity index (χ4v) is 4.49. The lowest BCUT2D eigenvalue weighted by Gasteiger charge is -2.11. The first-order valence-corrected chi connectivity index (χ1v) is 13.1. The van der Waals surface area contributed by atoms with E-state index in [0.29, 0.717) is 18.2 Å². The van der Waals surface area contributed by atoms with Gasteiger partial charge in [0.25, 0.3) is 5.91 Å². The summed E-state index contributed by atoms with van der Waals surface area (Å²) < 4.78 is 1.75. The quantitative estimate of drug-likeness (QED) is 0.159. The molecular weight excluding hydrogens is 486 g/mol. The molecule has 0 fully saturated rings. The van der Waals surface area contributed by atoms with Crippen LogP contribution in [0, 0.1) is 13.8 Å². The van der Waals surface area contributed by atoms with Crippen LogP contribution in [0.3, 0.4) is 0 Å². The first-order valence-electron chi connectivity index (χ1n) is 13.1. The molecule has 4 rings (SSSR count). The zero-order valence-electron chi connectivity index (χ0n) is 23.6. The molecule has 8 heteroatoms. The minimum absolute atomic E-state index is 0.163. The van der Waals surface area contributed by atoms with Crippen molar-refractivity contribution < 1.29 is 4.79 Å². The minimum Gasteiger partial charge on any atom is -0.350 e. The average molecular weight is 524 g/mol. The summed E-state index contributed by atoms with van der Waals surface area (Å²) in [7, 11) is 1.87. The molecule has 0 unspecified atom stereocenters. The molecule has 3 heterocycles. The predicted octanol–water partition coefficient (Wildman–Crippen LogP) is 6.69. The molecule has 8 nitrogen and oxygen atoms in total. The molecule has 0 saturated heterocycles. The fourth-order valence-electron chi connectivity index (χ4n) is 4.49. The van der Waals surface area contributed by atoms with Crippen LogP contribution >= 0.6 is 0 Å². The molecule has 0 bridgehead atoms. The van der Waals surface area contributed by atoms with Crippen molar-refractivity contribution in [2.24, 2.45) is 7.05 Å². The normalized spacial score (nSPS) is 12.2. The number of benzene rings is 1. The lowest BCUT2D eigenvalue weighted by atomic mass is 10.0. The summed E-state index contributed by atoms with van der Waals surface area (Å²) >= 11 is 0. The largest absolute Gasteiger partial charge is 0.350 e. The molecule has 1 aromatic carbocycles. The SMILES string of the molecule is C=C(C)C=C(CCC(C)=CC)c1ccnc(Nc2cc(C)c3[nH]c(C(=O)NCc4cn(C)nc4C)cc3c2)n1. The van der Waals surface area contributed by atoms with E-state index in [1.165, 1.54) is 5.57 Å². The van der Waals surface area contributed by atoms with Gasteiger partial charge in [-0.25, -0.2) is 9.97 Å². The highest BCUT2D eigenvalue weighted by Crippen LogP contribution is 2.27. The summed E-state index contributed by atoms with van der Waals surface area (Å²) in [4.78, 5) is 25.4. The van der Waals surface area contributed by atoms with Gasteiger partial charge in [0.1, 0.15) is 5.69 Å². The second-order valence-corrected chi connectivity index (χ2v) is 10.1. The molecule has 0 aliphatic heterocycles. The van der Waals surface area contributed by atoms with Gasteiger partial charge in [-0.15, -0.1) is 0 Å². The molecule has 0 aliphatic carbocycles. The number of nitrogens with zero attached hydrogens (tertiary/aromatic N) is 4. The van der Waals surface area contributed by atoms with E-state index in [2.05, 4.69) is 58.3 Å². The van der Waals surface area contributed by atoms with Gasteiger partial charge in [0.2, 0.25) is 5.95 Å². The van der Waals surface area contributed by atoms with Crippen molar-refractivity contribution in [3.8, 4) is 0 Å². The Morgan fingerprint density at radius 2 is 1.97 bits per heavy atom. The Kier molecular flexibility index (Phi) is 8.44. The summed E-state index contributed by atoms with van der Waals surface area (Å²) in [6.07, 6.45) is 9.76. The molecule has 202 valence electrons. The molecule has 0 aliphatic rings. The molecule has 0 atom stereocenters. The Labute approximate surface area is 230 Å². The maximum atomic E-state index is 12.9. The Morgan fingerprint density at radius 3 is 2.67 bits per heavy atom. The second kappa shape index (κ2) is 11.9. The number of aryl methyl sites for hydroxylation is 3. The van der Waals surface area contributed by atoms with Crippen LogP contribution in [0.1, 0.15) is 66.6 Å². The van der Waals surface area contributed by atoms with Crippen LogP contribution in [0.4, 0.5) is 11.6 Å². The monoisotopic (exact) mass is 523 g/mol. The molecule has 3 aromatic heterocycles. The van der Waals surface area contributed by atoms with Crippen molar-refractivity contribution in [1.82, 2.24) is 30.0 Å². The van der Waals surface area contributed by atoms with Crippen LogP contribution in [-0.2, 0) is 13.6 Å². The summed E-state index contributed by atoms with van der Waals surface area (Å²) in [6.45, 7) is 14.6.